The molecule has 0 aromatic heterocycles. The van der Waals surface area contributed by atoms with Crippen molar-refractivity contribution in [2.45, 2.75) is 19.8 Å². The summed E-state index contributed by atoms with van der Waals surface area (Å²) in [5.41, 5.74) is 1.38. The van der Waals surface area contributed by atoms with Gasteiger partial charge in [0.25, 0.3) is 0 Å². The number of ether oxygens (including phenoxy) is 1. The Balaban J connectivity index is 3.29. The topological polar surface area (TPSA) is 18.5 Å². The van der Waals surface area contributed by atoms with Gasteiger partial charge in [-0.1, -0.05) is 20.6 Å². The van der Waals surface area contributed by atoms with Crippen molar-refractivity contribution in [1.82, 2.24) is 0 Å². The first kappa shape index (κ1) is 12.5. The lowest BCUT2D eigenvalue weighted by Crippen LogP contribution is -1.89. The van der Waals surface area contributed by atoms with Gasteiger partial charge in [0.1, 0.15) is 0 Å². The van der Waals surface area contributed by atoms with E-state index in [1.54, 1.807) is 7.11 Å². The van der Waals surface area contributed by atoms with E-state index in [1.165, 1.54) is 5.57 Å². The third kappa shape index (κ3) is 8.62. The molecule has 2 atom stereocenters. The third-order valence-electron chi connectivity index (χ3n) is 1.52. The Kier molecular flexibility index (Phi) is 10.0. The summed E-state index contributed by atoms with van der Waals surface area (Å²) in [5, 5.41) is 0. The van der Waals surface area contributed by atoms with Crippen LogP contribution in [0.25, 0.3) is 0 Å². The van der Waals surface area contributed by atoms with Crippen molar-refractivity contribution in [3.63, 3.8) is 0 Å². The predicted molar refractivity (Wildman–Crippen MR) is 58.8 cm³/mol. The molecular weight excluding hydrogens is 190 g/mol. The second-order valence-corrected chi connectivity index (χ2v) is 3.81. The molecular formula is C8H18O2P2. The zero-order valence-electron chi connectivity index (χ0n) is 7.80. The molecule has 0 aromatic rings. The van der Waals surface area contributed by atoms with Gasteiger partial charge in [0, 0.05) is 22.2 Å². The minimum atomic E-state index is 0.507. The van der Waals surface area contributed by atoms with E-state index in [0.717, 1.165) is 26.1 Å². The zero-order chi connectivity index (χ0) is 9.23. The van der Waals surface area contributed by atoms with Gasteiger partial charge in [-0.25, -0.2) is 0 Å². The Morgan fingerprint density at radius 2 is 2.33 bits per heavy atom. The van der Waals surface area contributed by atoms with E-state index in [4.69, 9.17) is 9.26 Å². The van der Waals surface area contributed by atoms with Gasteiger partial charge >= 0.3 is 0 Å². The second kappa shape index (κ2) is 9.61. The summed E-state index contributed by atoms with van der Waals surface area (Å²) in [4.78, 5) is 0. The number of hydrogen-bond donors (Lipinski definition) is 0. The Morgan fingerprint density at radius 1 is 1.58 bits per heavy atom. The van der Waals surface area contributed by atoms with E-state index in [0.29, 0.717) is 8.50 Å². The van der Waals surface area contributed by atoms with Crippen LogP contribution in [0, 0.1) is 0 Å². The van der Waals surface area contributed by atoms with E-state index in [2.05, 4.69) is 21.9 Å². The standard InChI is InChI=1S/C8H18O2P2/c1-8(4-3-6-9-2)5-7-10-12-11/h5,12H,3-4,6-7,11H2,1-2H3/b8-5+. The van der Waals surface area contributed by atoms with Gasteiger partial charge in [-0.2, -0.15) is 0 Å². The molecule has 0 aromatic carbocycles. The van der Waals surface area contributed by atoms with Crippen molar-refractivity contribution in [1.29, 1.82) is 0 Å². The van der Waals surface area contributed by atoms with E-state index in [9.17, 15) is 0 Å². The number of methoxy groups -OCH3 is 1. The summed E-state index contributed by atoms with van der Waals surface area (Å²) in [5.74, 6) is 0. The number of hydrogen-bond acceptors (Lipinski definition) is 2. The smallest absolute Gasteiger partial charge is 0.0693 e. The molecule has 0 bridgehead atoms. The first-order chi connectivity index (χ1) is 5.81. The van der Waals surface area contributed by atoms with Gasteiger partial charge < -0.3 is 9.26 Å². The molecule has 0 heterocycles. The molecule has 0 N–H and O–H groups in total. The monoisotopic (exact) mass is 208 g/mol. The minimum absolute atomic E-state index is 0.507. The van der Waals surface area contributed by atoms with Gasteiger partial charge in [0.05, 0.1) is 6.61 Å². The molecule has 0 rings (SSSR count). The molecule has 72 valence electrons. The molecule has 0 aliphatic heterocycles. The molecule has 0 aliphatic carbocycles. The fourth-order valence-electron chi connectivity index (χ4n) is 0.829. The Labute approximate surface area is 79.1 Å². The van der Waals surface area contributed by atoms with Crippen LogP contribution in [-0.4, -0.2) is 20.3 Å². The summed E-state index contributed by atoms with van der Waals surface area (Å²) in [7, 11) is 4.80. The molecule has 12 heavy (non-hydrogen) atoms. The predicted octanol–water partition coefficient (Wildman–Crippen LogP) is 2.76. The highest BCUT2D eigenvalue weighted by molar-refractivity contribution is 8.00. The molecule has 0 amide bonds. The maximum Gasteiger partial charge on any atom is 0.0693 e. The van der Waals surface area contributed by atoms with E-state index < -0.39 is 0 Å². The Bertz CT molecular complexity index is 126. The number of rotatable bonds is 7. The van der Waals surface area contributed by atoms with Gasteiger partial charge in [-0.05, 0) is 19.8 Å². The van der Waals surface area contributed by atoms with Crippen LogP contribution in [0.15, 0.2) is 11.6 Å². The summed E-state index contributed by atoms with van der Waals surface area (Å²) >= 11 is 0. The van der Waals surface area contributed by atoms with Crippen LogP contribution in [0.3, 0.4) is 0 Å². The highest BCUT2D eigenvalue weighted by Gasteiger charge is 1.89. The minimum Gasteiger partial charge on any atom is -0.385 e. The first-order valence-electron chi connectivity index (χ1n) is 4.03. The van der Waals surface area contributed by atoms with Crippen LogP contribution in [0.1, 0.15) is 19.8 Å². The number of allylic oxidation sites excluding steroid dienone is 1. The Morgan fingerprint density at radius 3 is 2.92 bits per heavy atom. The highest BCUT2D eigenvalue weighted by atomic mass is 32.0. The lowest BCUT2D eigenvalue weighted by Gasteiger charge is -2.00. The zero-order valence-corrected chi connectivity index (χ0v) is 9.95. The van der Waals surface area contributed by atoms with Crippen LogP contribution < -0.4 is 0 Å². The molecule has 0 fully saturated rings. The summed E-state index contributed by atoms with van der Waals surface area (Å²) in [6.45, 7) is 3.71. The van der Waals surface area contributed by atoms with Crippen LogP contribution in [0.5, 0.6) is 0 Å². The molecule has 4 heteroatoms. The van der Waals surface area contributed by atoms with E-state index in [1.807, 2.05) is 0 Å². The van der Waals surface area contributed by atoms with Crippen LogP contribution >= 0.6 is 17.4 Å². The summed E-state index contributed by atoms with van der Waals surface area (Å²) in [6, 6.07) is 0. The van der Waals surface area contributed by atoms with Crippen molar-refractivity contribution < 1.29 is 9.26 Å². The summed E-state index contributed by atoms with van der Waals surface area (Å²) in [6.07, 6.45) is 4.34. The molecule has 2 nitrogen and oxygen atoms in total. The van der Waals surface area contributed by atoms with Crippen molar-refractivity contribution in [3.05, 3.63) is 11.6 Å². The fraction of sp³-hybridized carbons (Fsp3) is 0.750. The SMILES string of the molecule is COCCC/C(C)=C/COPP. The van der Waals surface area contributed by atoms with Gasteiger partial charge in [0.15, 0.2) is 0 Å². The van der Waals surface area contributed by atoms with Crippen molar-refractivity contribution in [2.24, 2.45) is 0 Å². The fourth-order valence-corrected chi connectivity index (χ4v) is 1.30. The summed E-state index contributed by atoms with van der Waals surface area (Å²) < 4.78 is 10.2. The van der Waals surface area contributed by atoms with Crippen LogP contribution in [-0.2, 0) is 9.26 Å². The van der Waals surface area contributed by atoms with Crippen molar-refractivity contribution in [2.75, 3.05) is 20.3 Å². The van der Waals surface area contributed by atoms with Crippen molar-refractivity contribution in [3.8, 4) is 0 Å². The third-order valence-corrected chi connectivity index (χ3v) is 2.35. The lowest BCUT2D eigenvalue weighted by molar-refractivity contribution is 0.195. The Hall–Kier alpha value is 0.520. The molecule has 2 unspecified atom stereocenters. The first-order valence-corrected chi connectivity index (χ1v) is 6.75. The average Bonchev–Trinajstić information content (AvgIpc) is 2.06. The molecule has 0 saturated heterocycles. The average molecular weight is 208 g/mol. The van der Waals surface area contributed by atoms with E-state index >= 15 is 0 Å². The molecule has 0 aliphatic rings. The van der Waals surface area contributed by atoms with Gasteiger partial charge in [-0.3, -0.25) is 0 Å². The second-order valence-electron chi connectivity index (χ2n) is 2.58. The quantitative estimate of drug-likeness (QED) is 0.364. The largest absolute Gasteiger partial charge is 0.385 e. The maximum absolute atomic E-state index is 5.19. The van der Waals surface area contributed by atoms with E-state index in [-0.39, 0.29) is 0 Å². The molecule has 0 radical (unpaired) electrons. The van der Waals surface area contributed by atoms with Crippen LogP contribution in [0.4, 0.5) is 0 Å². The van der Waals surface area contributed by atoms with Crippen LogP contribution in [0.2, 0.25) is 0 Å². The maximum atomic E-state index is 5.19. The molecule has 0 spiro atoms. The lowest BCUT2D eigenvalue weighted by atomic mass is 10.1. The highest BCUT2D eigenvalue weighted by Crippen LogP contribution is 2.20. The molecule has 0 saturated carbocycles. The van der Waals surface area contributed by atoms with Gasteiger partial charge in [0.2, 0.25) is 0 Å². The van der Waals surface area contributed by atoms with Gasteiger partial charge in [-0.15, -0.1) is 0 Å². The normalized spacial score (nSPS) is 13.1. The van der Waals surface area contributed by atoms with Crippen molar-refractivity contribution >= 4 is 17.4 Å².